The van der Waals surface area contributed by atoms with Gasteiger partial charge in [-0.15, -0.1) is 0 Å². The molecule has 0 saturated carbocycles. The van der Waals surface area contributed by atoms with Gasteiger partial charge in [0.25, 0.3) is 0 Å². The molecule has 2 heterocycles. The SMILES string of the molecule is C1=CNN(N2CCCCC2)C1. The second-order valence-corrected chi connectivity index (χ2v) is 3.13. The van der Waals surface area contributed by atoms with Gasteiger partial charge in [-0.25, -0.2) is 5.01 Å². The first-order chi connectivity index (χ1) is 5.47. The Morgan fingerprint density at radius 2 is 1.91 bits per heavy atom. The van der Waals surface area contributed by atoms with Crippen LogP contribution in [-0.2, 0) is 0 Å². The van der Waals surface area contributed by atoms with Gasteiger partial charge in [0.1, 0.15) is 0 Å². The molecule has 2 aliphatic heterocycles. The Hall–Kier alpha value is -0.540. The highest BCUT2D eigenvalue weighted by atomic mass is 15.8. The van der Waals surface area contributed by atoms with E-state index >= 15 is 0 Å². The third kappa shape index (κ3) is 1.54. The Morgan fingerprint density at radius 1 is 1.09 bits per heavy atom. The van der Waals surface area contributed by atoms with E-state index in [4.69, 9.17) is 0 Å². The van der Waals surface area contributed by atoms with Crippen LogP contribution < -0.4 is 5.43 Å². The Labute approximate surface area is 67.6 Å². The molecule has 0 atom stereocenters. The monoisotopic (exact) mass is 153 g/mol. The van der Waals surface area contributed by atoms with E-state index in [-0.39, 0.29) is 0 Å². The first-order valence-corrected chi connectivity index (χ1v) is 4.40. The molecule has 2 aliphatic rings. The largest absolute Gasteiger partial charge is 0.313 e. The minimum Gasteiger partial charge on any atom is -0.313 e. The second kappa shape index (κ2) is 3.24. The summed E-state index contributed by atoms with van der Waals surface area (Å²) in [4.78, 5) is 0. The van der Waals surface area contributed by atoms with E-state index in [0.717, 1.165) is 6.54 Å². The van der Waals surface area contributed by atoms with E-state index in [1.54, 1.807) is 0 Å². The van der Waals surface area contributed by atoms with Crippen molar-refractivity contribution in [2.45, 2.75) is 19.3 Å². The molecule has 0 aliphatic carbocycles. The van der Waals surface area contributed by atoms with E-state index in [1.165, 1.54) is 32.4 Å². The summed E-state index contributed by atoms with van der Waals surface area (Å²) in [6, 6.07) is 0. The smallest absolute Gasteiger partial charge is 0.0538 e. The minimum atomic E-state index is 1.03. The third-order valence-corrected chi connectivity index (χ3v) is 2.29. The quantitative estimate of drug-likeness (QED) is 0.599. The van der Waals surface area contributed by atoms with E-state index < -0.39 is 0 Å². The van der Waals surface area contributed by atoms with E-state index in [9.17, 15) is 0 Å². The zero-order chi connectivity index (χ0) is 7.52. The average Bonchev–Trinajstić information content (AvgIpc) is 2.58. The molecule has 2 rings (SSSR count). The number of piperidine rings is 1. The summed E-state index contributed by atoms with van der Waals surface area (Å²) in [6.07, 6.45) is 8.25. The van der Waals surface area contributed by atoms with Crippen LogP contribution in [-0.4, -0.2) is 29.8 Å². The number of nitrogens with zero attached hydrogens (tertiary/aromatic N) is 2. The lowest BCUT2D eigenvalue weighted by Gasteiger charge is -2.34. The standard InChI is InChI=1S/C8H15N3/c1-2-6-10(7-3-1)11-8-4-5-9-11/h4-5,9H,1-3,6-8H2. The summed E-state index contributed by atoms with van der Waals surface area (Å²) in [5.74, 6) is 0. The van der Waals surface area contributed by atoms with Crippen molar-refractivity contribution in [1.29, 1.82) is 0 Å². The van der Waals surface area contributed by atoms with E-state index in [0.29, 0.717) is 0 Å². The molecular weight excluding hydrogens is 138 g/mol. The molecule has 0 aromatic heterocycles. The van der Waals surface area contributed by atoms with Crippen molar-refractivity contribution < 1.29 is 0 Å². The van der Waals surface area contributed by atoms with Gasteiger partial charge in [-0.2, -0.15) is 5.12 Å². The molecule has 3 nitrogen and oxygen atoms in total. The number of nitrogens with one attached hydrogen (secondary N) is 1. The first kappa shape index (κ1) is 7.13. The van der Waals surface area contributed by atoms with Gasteiger partial charge in [0.2, 0.25) is 0 Å². The van der Waals surface area contributed by atoms with Crippen molar-refractivity contribution in [2.24, 2.45) is 0 Å². The van der Waals surface area contributed by atoms with Gasteiger partial charge < -0.3 is 5.43 Å². The van der Waals surface area contributed by atoms with Crippen LogP contribution in [0.1, 0.15) is 19.3 Å². The Kier molecular flexibility index (Phi) is 2.10. The molecule has 0 spiro atoms. The summed E-state index contributed by atoms with van der Waals surface area (Å²) in [5.41, 5.74) is 3.20. The van der Waals surface area contributed by atoms with Crippen molar-refractivity contribution in [2.75, 3.05) is 19.6 Å². The van der Waals surface area contributed by atoms with Crippen LogP contribution >= 0.6 is 0 Å². The summed E-state index contributed by atoms with van der Waals surface area (Å²) >= 11 is 0. The van der Waals surface area contributed by atoms with Crippen molar-refractivity contribution in [1.82, 2.24) is 15.6 Å². The molecule has 1 fully saturated rings. The van der Waals surface area contributed by atoms with Gasteiger partial charge >= 0.3 is 0 Å². The van der Waals surface area contributed by atoms with Gasteiger partial charge in [0, 0.05) is 19.3 Å². The molecule has 0 bridgehead atoms. The van der Waals surface area contributed by atoms with E-state index in [1.807, 2.05) is 6.20 Å². The lowest BCUT2D eigenvalue weighted by atomic mass is 10.2. The molecule has 0 aromatic rings. The first-order valence-electron chi connectivity index (χ1n) is 4.40. The van der Waals surface area contributed by atoms with Crippen LogP contribution in [0.4, 0.5) is 0 Å². The highest BCUT2D eigenvalue weighted by Gasteiger charge is 2.17. The van der Waals surface area contributed by atoms with E-state index in [2.05, 4.69) is 21.6 Å². The molecule has 11 heavy (non-hydrogen) atoms. The highest BCUT2D eigenvalue weighted by Crippen LogP contribution is 2.11. The van der Waals surface area contributed by atoms with Crippen LogP contribution in [0.15, 0.2) is 12.3 Å². The van der Waals surface area contributed by atoms with Crippen molar-refractivity contribution in [3.05, 3.63) is 12.3 Å². The minimum absolute atomic E-state index is 1.03. The molecule has 1 saturated heterocycles. The molecule has 0 amide bonds. The maximum Gasteiger partial charge on any atom is 0.0538 e. The zero-order valence-electron chi connectivity index (χ0n) is 6.79. The number of hydrogen-bond acceptors (Lipinski definition) is 3. The predicted octanol–water partition coefficient (Wildman–Crippen LogP) is 0.721. The van der Waals surface area contributed by atoms with Gasteiger partial charge in [0.15, 0.2) is 0 Å². The fourth-order valence-corrected chi connectivity index (χ4v) is 1.66. The predicted molar refractivity (Wildman–Crippen MR) is 44.4 cm³/mol. The normalized spacial score (nSPS) is 27.3. The summed E-state index contributed by atoms with van der Waals surface area (Å²) < 4.78 is 0. The second-order valence-electron chi connectivity index (χ2n) is 3.13. The fraction of sp³-hybridized carbons (Fsp3) is 0.750. The zero-order valence-corrected chi connectivity index (χ0v) is 6.79. The summed E-state index contributed by atoms with van der Waals surface area (Å²) in [7, 11) is 0. The van der Waals surface area contributed by atoms with Crippen molar-refractivity contribution in [3.8, 4) is 0 Å². The maximum atomic E-state index is 3.20. The van der Waals surface area contributed by atoms with Gasteiger partial charge in [0.05, 0.1) is 6.54 Å². The molecule has 0 unspecified atom stereocenters. The Morgan fingerprint density at radius 3 is 2.55 bits per heavy atom. The topological polar surface area (TPSA) is 18.5 Å². The molecule has 0 radical (unpaired) electrons. The Bertz CT molecular complexity index is 141. The molecule has 0 aromatic carbocycles. The number of rotatable bonds is 1. The van der Waals surface area contributed by atoms with Crippen LogP contribution in [0.2, 0.25) is 0 Å². The van der Waals surface area contributed by atoms with Crippen LogP contribution in [0, 0.1) is 0 Å². The van der Waals surface area contributed by atoms with Crippen LogP contribution in [0.5, 0.6) is 0 Å². The average molecular weight is 153 g/mol. The van der Waals surface area contributed by atoms with Gasteiger partial charge in [-0.3, -0.25) is 0 Å². The maximum absolute atomic E-state index is 3.20. The molecule has 1 N–H and O–H groups in total. The lowest BCUT2D eigenvalue weighted by Crippen LogP contribution is -2.48. The number of hydrazine groups is 2. The summed E-state index contributed by atoms with van der Waals surface area (Å²) in [6.45, 7) is 3.46. The molecule has 3 heteroatoms. The highest BCUT2D eigenvalue weighted by molar-refractivity contribution is 4.87. The van der Waals surface area contributed by atoms with Crippen molar-refractivity contribution in [3.63, 3.8) is 0 Å². The van der Waals surface area contributed by atoms with Gasteiger partial charge in [-0.05, 0) is 18.9 Å². The lowest BCUT2D eigenvalue weighted by molar-refractivity contribution is -0.0517. The third-order valence-electron chi connectivity index (χ3n) is 2.29. The molecular formula is C8H15N3. The molecule has 62 valence electrons. The van der Waals surface area contributed by atoms with Gasteiger partial charge in [-0.1, -0.05) is 6.42 Å². The van der Waals surface area contributed by atoms with Crippen LogP contribution in [0.3, 0.4) is 0 Å². The van der Waals surface area contributed by atoms with Crippen LogP contribution in [0.25, 0.3) is 0 Å². The Balaban J connectivity index is 1.83. The summed E-state index contributed by atoms with van der Waals surface area (Å²) in [5, 5.41) is 4.59. The number of hydrogen-bond donors (Lipinski definition) is 1. The fourth-order valence-electron chi connectivity index (χ4n) is 1.66. The van der Waals surface area contributed by atoms with Crippen molar-refractivity contribution >= 4 is 0 Å².